The van der Waals surface area contributed by atoms with Gasteiger partial charge in [0.25, 0.3) is 5.91 Å². The standard InChI is InChI=1S/C23H24F5N3O4/c1-22(2,3)35-21(33)31(11-23(26,27)28)10-13-5-7-15-16(14-6-4-12(24)8-17(14)25)9-18(19(29)32)30-20(15)34-13/h4,6,8-9,13H,5,7,10-11H2,1-3H3,(H2,29,32)/t13-/m0/s1. The average Bonchev–Trinajstić information content (AvgIpc) is 2.70. The molecule has 7 nitrogen and oxygen atoms in total. The molecular formula is C23H24F5N3O4. The molecule has 190 valence electrons. The van der Waals surface area contributed by atoms with Crippen molar-refractivity contribution in [3.05, 3.63) is 47.2 Å². The molecule has 1 aromatic heterocycles. The maximum atomic E-state index is 14.5. The summed E-state index contributed by atoms with van der Waals surface area (Å²) >= 11 is 0. The Morgan fingerprint density at radius 3 is 2.43 bits per heavy atom. The summed E-state index contributed by atoms with van der Waals surface area (Å²) in [6.45, 7) is 2.53. The second kappa shape index (κ2) is 9.67. The van der Waals surface area contributed by atoms with Crippen LogP contribution in [0.3, 0.4) is 0 Å². The van der Waals surface area contributed by atoms with Crippen LogP contribution in [-0.2, 0) is 11.2 Å². The number of halogens is 5. The molecule has 1 aliphatic heterocycles. The van der Waals surface area contributed by atoms with E-state index in [9.17, 15) is 31.5 Å². The molecule has 0 unspecified atom stereocenters. The van der Waals surface area contributed by atoms with Gasteiger partial charge in [-0.3, -0.25) is 9.69 Å². The number of amides is 2. The Labute approximate surface area is 198 Å². The van der Waals surface area contributed by atoms with E-state index in [-0.39, 0.29) is 35.5 Å². The molecule has 1 aromatic carbocycles. The first-order valence-electron chi connectivity index (χ1n) is 10.6. The molecule has 0 radical (unpaired) electrons. The van der Waals surface area contributed by atoms with Crippen molar-refractivity contribution in [1.82, 2.24) is 9.88 Å². The minimum atomic E-state index is -4.69. The van der Waals surface area contributed by atoms with Gasteiger partial charge < -0.3 is 15.2 Å². The van der Waals surface area contributed by atoms with Crippen molar-refractivity contribution in [3.8, 4) is 17.0 Å². The second-order valence-electron chi connectivity index (χ2n) is 9.08. The molecule has 2 N–H and O–H groups in total. The number of hydrogen-bond donors (Lipinski definition) is 1. The Morgan fingerprint density at radius 2 is 1.86 bits per heavy atom. The normalized spacial score (nSPS) is 15.7. The summed E-state index contributed by atoms with van der Waals surface area (Å²) in [4.78, 5) is 28.7. The molecule has 35 heavy (non-hydrogen) atoms. The SMILES string of the molecule is CC(C)(C)OC(=O)N(C[C@@H]1CCc2c(-c3ccc(F)cc3F)cc(C(N)=O)nc2O1)CC(F)(F)F. The number of primary amides is 1. The summed E-state index contributed by atoms with van der Waals surface area (Å²) in [7, 11) is 0. The highest BCUT2D eigenvalue weighted by Gasteiger charge is 2.37. The van der Waals surface area contributed by atoms with Gasteiger partial charge in [0.1, 0.15) is 35.6 Å². The number of ether oxygens (including phenoxy) is 2. The molecular weight excluding hydrogens is 477 g/mol. The maximum absolute atomic E-state index is 14.5. The number of hydrogen-bond acceptors (Lipinski definition) is 5. The number of benzene rings is 1. The molecule has 12 heteroatoms. The van der Waals surface area contributed by atoms with Crippen LogP contribution in [-0.4, -0.2) is 52.9 Å². The fraction of sp³-hybridized carbons (Fsp3) is 0.435. The van der Waals surface area contributed by atoms with E-state index in [0.29, 0.717) is 16.5 Å². The van der Waals surface area contributed by atoms with Crippen LogP contribution >= 0.6 is 0 Å². The lowest BCUT2D eigenvalue weighted by molar-refractivity contribution is -0.146. The third-order valence-electron chi connectivity index (χ3n) is 5.00. The largest absolute Gasteiger partial charge is 0.472 e. The van der Waals surface area contributed by atoms with E-state index >= 15 is 0 Å². The first-order chi connectivity index (χ1) is 16.1. The highest BCUT2D eigenvalue weighted by Crippen LogP contribution is 2.37. The van der Waals surface area contributed by atoms with Crippen LogP contribution in [0.5, 0.6) is 5.88 Å². The molecule has 2 heterocycles. The minimum absolute atomic E-state index is 0.0259. The number of pyridine rings is 1. The summed E-state index contributed by atoms with van der Waals surface area (Å²) < 4.78 is 78.1. The monoisotopic (exact) mass is 501 g/mol. The quantitative estimate of drug-likeness (QED) is 0.604. The van der Waals surface area contributed by atoms with E-state index in [2.05, 4.69) is 4.98 Å². The highest BCUT2D eigenvalue weighted by molar-refractivity contribution is 5.93. The number of nitrogens with zero attached hydrogens (tertiary/aromatic N) is 2. The number of carbonyl (C=O) groups excluding carboxylic acids is 2. The van der Waals surface area contributed by atoms with E-state index in [4.69, 9.17) is 15.2 Å². The van der Waals surface area contributed by atoms with Crippen molar-refractivity contribution in [2.24, 2.45) is 5.73 Å². The Bertz CT molecular complexity index is 1130. The van der Waals surface area contributed by atoms with Gasteiger partial charge in [0.2, 0.25) is 5.88 Å². The Hall–Kier alpha value is -3.44. The summed E-state index contributed by atoms with van der Waals surface area (Å²) in [5.41, 5.74) is 4.58. The molecule has 0 aliphatic carbocycles. The van der Waals surface area contributed by atoms with E-state index < -0.39 is 54.6 Å². The van der Waals surface area contributed by atoms with Crippen molar-refractivity contribution in [2.45, 2.75) is 51.5 Å². The van der Waals surface area contributed by atoms with Crippen LogP contribution in [0.4, 0.5) is 26.7 Å². The zero-order valence-electron chi connectivity index (χ0n) is 19.2. The van der Waals surface area contributed by atoms with E-state index in [1.54, 1.807) is 0 Å². The van der Waals surface area contributed by atoms with Gasteiger partial charge in [-0.15, -0.1) is 0 Å². The van der Waals surface area contributed by atoms with Gasteiger partial charge in [-0.2, -0.15) is 13.2 Å². The number of nitrogens with two attached hydrogens (primary N) is 1. The van der Waals surface area contributed by atoms with Crippen LogP contribution in [0.2, 0.25) is 0 Å². The molecule has 0 bridgehead atoms. The fourth-order valence-corrected chi connectivity index (χ4v) is 3.60. The van der Waals surface area contributed by atoms with Crippen LogP contribution in [0, 0.1) is 11.6 Å². The smallest absolute Gasteiger partial charge is 0.410 e. The Balaban J connectivity index is 1.93. The molecule has 1 aliphatic rings. The number of rotatable bonds is 5. The van der Waals surface area contributed by atoms with Crippen LogP contribution < -0.4 is 10.5 Å². The lowest BCUT2D eigenvalue weighted by atomic mass is 9.93. The van der Waals surface area contributed by atoms with E-state index in [1.165, 1.54) is 32.9 Å². The average molecular weight is 501 g/mol. The molecule has 3 rings (SSSR count). The minimum Gasteiger partial charge on any atom is -0.472 e. The van der Waals surface area contributed by atoms with Crippen molar-refractivity contribution < 1.29 is 41.0 Å². The van der Waals surface area contributed by atoms with Gasteiger partial charge in [-0.1, -0.05) is 0 Å². The number of aromatic nitrogens is 1. The zero-order valence-corrected chi connectivity index (χ0v) is 19.2. The molecule has 2 amide bonds. The van der Waals surface area contributed by atoms with Gasteiger partial charge >= 0.3 is 12.3 Å². The van der Waals surface area contributed by atoms with Gasteiger partial charge in [0, 0.05) is 17.2 Å². The fourth-order valence-electron chi connectivity index (χ4n) is 3.60. The van der Waals surface area contributed by atoms with Crippen molar-refractivity contribution >= 4 is 12.0 Å². The number of carbonyl (C=O) groups is 2. The third kappa shape index (κ3) is 6.80. The van der Waals surface area contributed by atoms with Crippen molar-refractivity contribution in [1.29, 1.82) is 0 Å². The highest BCUT2D eigenvalue weighted by atomic mass is 19.4. The lowest BCUT2D eigenvalue weighted by Crippen LogP contribution is -2.47. The van der Waals surface area contributed by atoms with Crippen LogP contribution in [0.15, 0.2) is 24.3 Å². The molecule has 2 aromatic rings. The Kier molecular flexibility index (Phi) is 7.23. The topological polar surface area (TPSA) is 94.8 Å². The molecule has 0 saturated heterocycles. The third-order valence-corrected chi connectivity index (χ3v) is 5.00. The molecule has 0 saturated carbocycles. The van der Waals surface area contributed by atoms with Gasteiger partial charge in [0.05, 0.1) is 6.54 Å². The van der Waals surface area contributed by atoms with E-state index in [1.807, 2.05) is 0 Å². The number of alkyl halides is 3. The first-order valence-corrected chi connectivity index (χ1v) is 10.6. The van der Waals surface area contributed by atoms with E-state index in [0.717, 1.165) is 6.07 Å². The molecule has 0 spiro atoms. The van der Waals surface area contributed by atoms with Gasteiger partial charge in [0.15, 0.2) is 0 Å². The van der Waals surface area contributed by atoms with Crippen molar-refractivity contribution in [2.75, 3.05) is 13.1 Å². The second-order valence-corrected chi connectivity index (χ2v) is 9.08. The first kappa shape index (κ1) is 26.2. The summed E-state index contributed by atoms with van der Waals surface area (Å²) in [5, 5.41) is 0. The number of fused-ring (bicyclic) bond motifs is 1. The summed E-state index contributed by atoms with van der Waals surface area (Å²) in [6.07, 6.45) is -6.46. The molecule has 1 atom stereocenters. The summed E-state index contributed by atoms with van der Waals surface area (Å²) in [6, 6.07) is 4.15. The van der Waals surface area contributed by atoms with Gasteiger partial charge in [-0.05, 0) is 57.4 Å². The predicted octanol–water partition coefficient (Wildman–Crippen LogP) is 4.62. The zero-order chi connectivity index (χ0) is 26.1. The van der Waals surface area contributed by atoms with Crippen LogP contribution in [0.25, 0.3) is 11.1 Å². The van der Waals surface area contributed by atoms with Crippen LogP contribution in [0.1, 0.15) is 43.2 Å². The molecule has 0 fully saturated rings. The van der Waals surface area contributed by atoms with Gasteiger partial charge in [-0.25, -0.2) is 18.6 Å². The van der Waals surface area contributed by atoms with Crippen molar-refractivity contribution in [3.63, 3.8) is 0 Å². The predicted molar refractivity (Wildman–Crippen MR) is 115 cm³/mol. The summed E-state index contributed by atoms with van der Waals surface area (Å²) in [5.74, 6) is -2.77. The maximum Gasteiger partial charge on any atom is 0.410 e. The Morgan fingerprint density at radius 1 is 1.17 bits per heavy atom. The lowest BCUT2D eigenvalue weighted by Gasteiger charge is -2.33.